The summed E-state index contributed by atoms with van der Waals surface area (Å²) in [6.07, 6.45) is 8.62. The molecule has 0 unspecified atom stereocenters. The molecular weight excluding hydrogens is 408 g/mol. The molecule has 4 rings (SSSR count). The zero-order chi connectivity index (χ0) is 23.3. The highest BCUT2D eigenvalue weighted by atomic mass is 16.6. The number of rotatable bonds is 5. The molecule has 0 heterocycles. The second-order valence-electron chi connectivity index (χ2n) is 10.8. The molecule has 176 valence electrons. The van der Waals surface area contributed by atoms with E-state index in [1.807, 2.05) is 6.08 Å². The molecule has 6 heteroatoms. The Balaban J connectivity index is 1.67. The van der Waals surface area contributed by atoms with Crippen LogP contribution >= 0.6 is 0 Å². The van der Waals surface area contributed by atoms with Crippen molar-refractivity contribution in [2.75, 3.05) is 6.61 Å². The van der Waals surface area contributed by atoms with E-state index in [9.17, 15) is 19.2 Å². The Morgan fingerprint density at radius 1 is 1.03 bits per heavy atom. The third-order valence-electron chi connectivity index (χ3n) is 9.52. The maximum Gasteiger partial charge on any atom is 0.306 e. The topological polar surface area (TPSA) is 86.7 Å². The summed E-state index contributed by atoms with van der Waals surface area (Å²) in [6, 6.07) is 0. The van der Waals surface area contributed by atoms with Gasteiger partial charge in [0.15, 0.2) is 18.0 Å². The minimum atomic E-state index is -1.23. The van der Waals surface area contributed by atoms with Crippen LogP contribution in [0.5, 0.6) is 0 Å². The van der Waals surface area contributed by atoms with Gasteiger partial charge < -0.3 is 9.47 Å². The number of ether oxygens (including phenoxy) is 2. The van der Waals surface area contributed by atoms with Crippen LogP contribution in [0.2, 0.25) is 0 Å². The number of esters is 2. The van der Waals surface area contributed by atoms with Crippen LogP contribution in [0.1, 0.15) is 85.5 Å². The monoisotopic (exact) mass is 444 g/mol. The maximum absolute atomic E-state index is 13.5. The van der Waals surface area contributed by atoms with Crippen LogP contribution < -0.4 is 0 Å². The van der Waals surface area contributed by atoms with Crippen LogP contribution in [0.15, 0.2) is 11.6 Å². The molecule has 0 N–H and O–H groups in total. The summed E-state index contributed by atoms with van der Waals surface area (Å²) in [6.45, 7) is 7.11. The van der Waals surface area contributed by atoms with Crippen LogP contribution in [0, 0.1) is 28.6 Å². The molecular formula is C26H36O6. The lowest BCUT2D eigenvalue weighted by Crippen LogP contribution is -2.60. The summed E-state index contributed by atoms with van der Waals surface area (Å²) < 4.78 is 11.1. The first-order chi connectivity index (χ1) is 15.1. The average Bonchev–Trinajstić information content (AvgIpc) is 3.05. The van der Waals surface area contributed by atoms with Crippen LogP contribution in [-0.2, 0) is 28.7 Å². The number of Topliss-reactive ketones (excluding diaryl/α,β-unsaturated/α-hetero) is 1. The van der Waals surface area contributed by atoms with Crippen molar-refractivity contribution in [3.05, 3.63) is 11.6 Å². The molecule has 6 atom stereocenters. The highest BCUT2D eigenvalue weighted by Gasteiger charge is 2.68. The lowest BCUT2D eigenvalue weighted by atomic mass is 9.46. The van der Waals surface area contributed by atoms with E-state index < -0.39 is 17.0 Å². The lowest BCUT2D eigenvalue weighted by molar-refractivity contribution is -0.192. The van der Waals surface area contributed by atoms with Gasteiger partial charge in [-0.25, -0.2) is 0 Å². The Hall–Kier alpha value is -1.98. The molecule has 3 saturated carbocycles. The number of hydrogen-bond acceptors (Lipinski definition) is 6. The number of allylic oxidation sites excluding steroid dienone is 1. The highest BCUT2D eigenvalue weighted by Crippen LogP contribution is 2.68. The van der Waals surface area contributed by atoms with E-state index in [-0.39, 0.29) is 41.9 Å². The van der Waals surface area contributed by atoms with Crippen molar-refractivity contribution >= 4 is 23.5 Å². The van der Waals surface area contributed by atoms with Gasteiger partial charge in [0.25, 0.3) is 0 Å². The Morgan fingerprint density at radius 3 is 2.44 bits per heavy atom. The third kappa shape index (κ3) is 3.36. The van der Waals surface area contributed by atoms with Gasteiger partial charge in [0.05, 0.1) is 0 Å². The molecule has 0 aromatic carbocycles. The van der Waals surface area contributed by atoms with E-state index in [2.05, 4.69) is 13.8 Å². The number of ketones is 2. The molecule has 0 aromatic heterocycles. The van der Waals surface area contributed by atoms with Gasteiger partial charge in [-0.3, -0.25) is 19.2 Å². The standard InChI is InChI=1S/C26H36O6/c1-5-23(30)32-26(22(29)15-31-16(2)27)13-10-21-19-7-6-17-14-18(28)8-11-24(17,3)20(19)9-12-25(21,26)4/h14,19-21H,5-13,15H2,1-4H3/t19-,20+,21+,24+,25+,26+/m1/s1. The van der Waals surface area contributed by atoms with Gasteiger partial charge in [-0.1, -0.05) is 26.3 Å². The Kier molecular flexibility index (Phi) is 5.87. The van der Waals surface area contributed by atoms with Gasteiger partial charge in [0, 0.05) is 25.2 Å². The van der Waals surface area contributed by atoms with Crippen molar-refractivity contribution in [3.8, 4) is 0 Å². The largest absolute Gasteiger partial charge is 0.458 e. The van der Waals surface area contributed by atoms with E-state index in [1.165, 1.54) is 12.5 Å². The number of carbonyl (C=O) groups excluding carboxylic acids is 4. The van der Waals surface area contributed by atoms with Crippen LogP contribution in [0.25, 0.3) is 0 Å². The third-order valence-corrected chi connectivity index (χ3v) is 9.52. The smallest absolute Gasteiger partial charge is 0.306 e. The molecule has 3 fully saturated rings. The van der Waals surface area contributed by atoms with Gasteiger partial charge in [-0.15, -0.1) is 0 Å². The molecule has 0 aromatic rings. The van der Waals surface area contributed by atoms with E-state index in [1.54, 1.807) is 6.92 Å². The number of hydrogen-bond donors (Lipinski definition) is 0. The van der Waals surface area contributed by atoms with Crippen LogP contribution in [0.3, 0.4) is 0 Å². The van der Waals surface area contributed by atoms with Gasteiger partial charge in [-0.05, 0) is 74.2 Å². The minimum absolute atomic E-state index is 0.0469. The van der Waals surface area contributed by atoms with E-state index in [0.717, 1.165) is 38.5 Å². The van der Waals surface area contributed by atoms with Crippen molar-refractivity contribution < 1.29 is 28.7 Å². The van der Waals surface area contributed by atoms with E-state index >= 15 is 0 Å². The number of carbonyl (C=O) groups is 4. The summed E-state index contributed by atoms with van der Waals surface area (Å²) >= 11 is 0. The van der Waals surface area contributed by atoms with Crippen molar-refractivity contribution in [2.24, 2.45) is 28.6 Å². The van der Waals surface area contributed by atoms with Gasteiger partial charge in [0.2, 0.25) is 5.78 Å². The first-order valence-electron chi connectivity index (χ1n) is 12.2. The zero-order valence-electron chi connectivity index (χ0n) is 19.8. The minimum Gasteiger partial charge on any atom is -0.458 e. The predicted octanol–water partition coefficient (Wildman–Crippen LogP) is 4.34. The first kappa shape index (κ1) is 23.2. The molecule has 0 radical (unpaired) electrons. The van der Waals surface area contributed by atoms with Gasteiger partial charge >= 0.3 is 11.9 Å². The highest BCUT2D eigenvalue weighted by molar-refractivity contribution is 5.93. The van der Waals surface area contributed by atoms with Crippen LogP contribution in [-0.4, -0.2) is 35.7 Å². The Labute approximate surface area is 190 Å². The molecule has 6 nitrogen and oxygen atoms in total. The zero-order valence-corrected chi connectivity index (χ0v) is 19.8. The molecule has 0 spiro atoms. The fourth-order valence-electron chi connectivity index (χ4n) is 7.79. The first-order valence-corrected chi connectivity index (χ1v) is 12.2. The fourth-order valence-corrected chi connectivity index (χ4v) is 7.79. The summed E-state index contributed by atoms with van der Waals surface area (Å²) in [7, 11) is 0. The average molecular weight is 445 g/mol. The van der Waals surface area contributed by atoms with E-state index in [0.29, 0.717) is 24.7 Å². The second-order valence-corrected chi connectivity index (χ2v) is 10.8. The Morgan fingerprint density at radius 2 is 1.75 bits per heavy atom. The Bertz CT molecular complexity index is 874. The summed E-state index contributed by atoms with van der Waals surface area (Å²) in [4.78, 5) is 49.4. The van der Waals surface area contributed by atoms with Crippen LogP contribution in [0.4, 0.5) is 0 Å². The number of fused-ring (bicyclic) bond motifs is 5. The molecule has 0 amide bonds. The van der Waals surface area contributed by atoms with Gasteiger partial charge in [-0.2, -0.15) is 0 Å². The second kappa shape index (κ2) is 8.11. The lowest BCUT2D eigenvalue weighted by Gasteiger charge is -2.59. The quantitative estimate of drug-likeness (QED) is 0.586. The van der Waals surface area contributed by atoms with E-state index in [4.69, 9.17) is 9.47 Å². The SMILES string of the molecule is CCC(=O)O[C@]1(C(=O)COC(C)=O)CC[C@H]2[C@@H]3CCC4=CC(=O)CC[C@]4(C)[C@H]3CC[C@@]21C. The van der Waals surface area contributed by atoms with Crippen molar-refractivity contribution in [1.29, 1.82) is 0 Å². The van der Waals surface area contributed by atoms with Gasteiger partial charge in [0.1, 0.15) is 0 Å². The molecule has 0 aliphatic heterocycles. The normalized spacial score (nSPS) is 40.4. The molecule has 4 aliphatic rings. The molecule has 4 aliphatic carbocycles. The van der Waals surface area contributed by atoms with Crippen molar-refractivity contribution in [1.82, 2.24) is 0 Å². The maximum atomic E-state index is 13.5. The van der Waals surface area contributed by atoms with Crippen molar-refractivity contribution in [2.45, 2.75) is 91.1 Å². The predicted molar refractivity (Wildman–Crippen MR) is 117 cm³/mol. The fraction of sp³-hybridized carbons (Fsp3) is 0.769. The molecule has 0 saturated heterocycles. The molecule has 0 bridgehead atoms. The van der Waals surface area contributed by atoms with Crippen molar-refractivity contribution in [3.63, 3.8) is 0 Å². The summed E-state index contributed by atoms with van der Waals surface area (Å²) in [5, 5.41) is 0. The summed E-state index contributed by atoms with van der Waals surface area (Å²) in [5.41, 5.74) is -0.347. The molecule has 32 heavy (non-hydrogen) atoms. The summed E-state index contributed by atoms with van der Waals surface area (Å²) in [5.74, 6) is 0.260.